The van der Waals surface area contributed by atoms with E-state index in [1.165, 1.54) is 22.7 Å². The van der Waals surface area contributed by atoms with Crippen molar-refractivity contribution < 1.29 is 22.8 Å². The lowest BCUT2D eigenvalue weighted by Gasteiger charge is -2.26. The number of carbonyl (C=O) groups excluding carboxylic acids is 2. The summed E-state index contributed by atoms with van der Waals surface area (Å²) in [6.45, 7) is 0.992. The van der Waals surface area contributed by atoms with Crippen LogP contribution in [0.15, 0.2) is 29.4 Å². The molecule has 4 rings (SSSR count). The van der Waals surface area contributed by atoms with Crippen LogP contribution in [0.5, 0.6) is 0 Å². The van der Waals surface area contributed by atoms with Crippen LogP contribution in [0.2, 0.25) is 0 Å². The molecule has 2 heterocycles. The second-order valence-corrected chi connectivity index (χ2v) is 9.00. The van der Waals surface area contributed by atoms with E-state index >= 15 is 0 Å². The molecular formula is C21H25F3N6O2S. The summed E-state index contributed by atoms with van der Waals surface area (Å²) in [7, 11) is 0. The maximum atomic E-state index is 13.0. The van der Waals surface area contributed by atoms with Crippen molar-refractivity contribution in [1.29, 1.82) is 0 Å². The fraction of sp³-hybridized carbons (Fsp3) is 0.524. The van der Waals surface area contributed by atoms with E-state index in [2.05, 4.69) is 20.8 Å². The molecule has 1 aliphatic carbocycles. The highest BCUT2D eigenvalue weighted by atomic mass is 32.2. The Bertz CT molecular complexity index is 1010. The lowest BCUT2D eigenvalue weighted by atomic mass is 9.95. The zero-order chi connectivity index (χ0) is 23.4. The fourth-order valence-electron chi connectivity index (χ4n) is 4.13. The number of anilines is 1. The van der Waals surface area contributed by atoms with Crippen molar-refractivity contribution in [1.82, 2.24) is 25.0 Å². The van der Waals surface area contributed by atoms with Gasteiger partial charge >= 0.3 is 12.2 Å². The lowest BCUT2D eigenvalue weighted by Crippen LogP contribution is -2.35. The van der Waals surface area contributed by atoms with Gasteiger partial charge in [-0.15, -0.1) is 10.2 Å². The van der Waals surface area contributed by atoms with Crippen molar-refractivity contribution in [3.8, 4) is 0 Å². The van der Waals surface area contributed by atoms with Gasteiger partial charge in [-0.2, -0.15) is 13.2 Å². The Morgan fingerprint density at radius 1 is 1.21 bits per heavy atom. The molecule has 1 aliphatic heterocycles. The zero-order valence-electron chi connectivity index (χ0n) is 17.9. The Morgan fingerprint density at radius 3 is 2.70 bits per heavy atom. The molecule has 0 unspecified atom stereocenters. The SMILES string of the molecule is O=C(CSc1nnc(CNc2cccc(C(F)(F)F)c2)n1C1CCCCC1)N1CCNC1=O. The molecule has 0 spiro atoms. The van der Waals surface area contributed by atoms with Crippen molar-refractivity contribution in [2.45, 2.75) is 56.0 Å². The number of carbonyl (C=O) groups is 2. The standard InChI is InChI=1S/C21H25F3N6O2S/c22-21(23,24)14-5-4-6-15(11-14)26-12-17-27-28-20(30(17)16-7-2-1-3-8-16)33-13-18(31)29-10-9-25-19(29)32/h4-6,11,16,26H,1-3,7-10,12-13H2,(H,25,32). The largest absolute Gasteiger partial charge is 0.416 e. The molecule has 33 heavy (non-hydrogen) atoms. The molecule has 2 fully saturated rings. The molecule has 0 radical (unpaired) electrons. The summed E-state index contributed by atoms with van der Waals surface area (Å²) in [6, 6.07) is 4.81. The van der Waals surface area contributed by atoms with E-state index < -0.39 is 11.7 Å². The van der Waals surface area contributed by atoms with E-state index in [1.54, 1.807) is 6.07 Å². The van der Waals surface area contributed by atoms with Crippen LogP contribution in [0, 0.1) is 0 Å². The first-order chi connectivity index (χ1) is 15.8. The average molecular weight is 483 g/mol. The summed E-state index contributed by atoms with van der Waals surface area (Å²) in [4.78, 5) is 25.3. The van der Waals surface area contributed by atoms with E-state index in [-0.39, 0.29) is 30.3 Å². The molecule has 1 aromatic heterocycles. The maximum Gasteiger partial charge on any atom is 0.416 e. The highest BCUT2D eigenvalue weighted by molar-refractivity contribution is 7.99. The quantitative estimate of drug-likeness (QED) is 0.579. The molecule has 12 heteroatoms. The molecule has 178 valence electrons. The Labute approximate surface area is 193 Å². The lowest BCUT2D eigenvalue weighted by molar-refractivity contribution is -0.137. The van der Waals surface area contributed by atoms with E-state index in [4.69, 9.17) is 0 Å². The normalized spacial score (nSPS) is 17.3. The summed E-state index contributed by atoms with van der Waals surface area (Å²) in [5, 5.41) is 14.7. The molecule has 2 N–H and O–H groups in total. The summed E-state index contributed by atoms with van der Waals surface area (Å²) < 4.78 is 41.0. The average Bonchev–Trinajstić information content (AvgIpc) is 3.42. The van der Waals surface area contributed by atoms with E-state index in [9.17, 15) is 22.8 Å². The van der Waals surface area contributed by atoms with Gasteiger partial charge in [-0.25, -0.2) is 4.79 Å². The topological polar surface area (TPSA) is 92.2 Å². The van der Waals surface area contributed by atoms with Gasteiger partial charge in [0, 0.05) is 24.8 Å². The summed E-state index contributed by atoms with van der Waals surface area (Å²) in [5.74, 6) is 0.365. The van der Waals surface area contributed by atoms with E-state index in [1.807, 2.05) is 4.57 Å². The Balaban J connectivity index is 1.49. The Kier molecular flexibility index (Phi) is 7.11. The van der Waals surface area contributed by atoms with Crippen molar-refractivity contribution in [2.24, 2.45) is 0 Å². The summed E-state index contributed by atoms with van der Waals surface area (Å²) >= 11 is 1.23. The number of aromatic nitrogens is 3. The van der Waals surface area contributed by atoms with Crippen molar-refractivity contribution in [3.63, 3.8) is 0 Å². The third kappa shape index (κ3) is 5.60. The van der Waals surface area contributed by atoms with Crippen molar-refractivity contribution in [3.05, 3.63) is 35.7 Å². The molecule has 1 saturated heterocycles. The smallest absolute Gasteiger partial charge is 0.378 e. The van der Waals surface area contributed by atoms with Crippen LogP contribution in [0.3, 0.4) is 0 Å². The molecule has 1 aromatic carbocycles. The molecule has 2 aliphatic rings. The van der Waals surface area contributed by atoms with Gasteiger partial charge in [0.25, 0.3) is 0 Å². The number of hydrogen-bond donors (Lipinski definition) is 2. The van der Waals surface area contributed by atoms with Crippen LogP contribution in [0.1, 0.15) is 49.5 Å². The number of thioether (sulfide) groups is 1. The molecule has 3 amide bonds. The number of urea groups is 1. The minimum atomic E-state index is -4.41. The Hall–Kier alpha value is -2.76. The number of nitrogens with one attached hydrogen (secondary N) is 2. The number of rotatable bonds is 7. The van der Waals surface area contributed by atoms with Gasteiger partial charge in [0.1, 0.15) is 0 Å². The number of imide groups is 1. The molecule has 2 aromatic rings. The third-order valence-corrected chi connectivity index (χ3v) is 6.73. The van der Waals surface area contributed by atoms with Crippen molar-refractivity contribution in [2.75, 3.05) is 24.2 Å². The fourth-order valence-corrected chi connectivity index (χ4v) is 5.03. The molecule has 8 nitrogen and oxygen atoms in total. The van der Waals surface area contributed by atoms with Gasteiger partial charge in [-0.05, 0) is 31.0 Å². The second-order valence-electron chi connectivity index (χ2n) is 8.06. The number of alkyl halides is 3. The van der Waals surface area contributed by atoms with Crippen LogP contribution in [0.25, 0.3) is 0 Å². The number of amides is 3. The van der Waals surface area contributed by atoms with Gasteiger partial charge in [0.2, 0.25) is 5.91 Å². The summed E-state index contributed by atoms with van der Waals surface area (Å²) in [5.41, 5.74) is -0.380. The highest BCUT2D eigenvalue weighted by Crippen LogP contribution is 2.34. The van der Waals surface area contributed by atoms with E-state index in [0.717, 1.165) is 44.2 Å². The number of hydrogen-bond acceptors (Lipinski definition) is 6. The minimum absolute atomic E-state index is 0.0549. The zero-order valence-corrected chi connectivity index (χ0v) is 18.7. The van der Waals surface area contributed by atoms with E-state index in [0.29, 0.717) is 29.8 Å². The molecule has 1 saturated carbocycles. The van der Waals surface area contributed by atoms with Crippen LogP contribution in [-0.2, 0) is 17.5 Å². The number of benzene rings is 1. The molecule has 0 bridgehead atoms. The summed E-state index contributed by atoms with van der Waals surface area (Å²) in [6.07, 6.45) is 0.778. The second kappa shape index (κ2) is 10.0. The first-order valence-corrected chi connectivity index (χ1v) is 11.9. The van der Waals surface area contributed by atoms with Crippen LogP contribution in [0.4, 0.5) is 23.7 Å². The van der Waals surface area contributed by atoms with Crippen LogP contribution < -0.4 is 10.6 Å². The van der Waals surface area contributed by atoms with Crippen LogP contribution >= 0.6 is 11.8 Å². The minimum Gasteiger partial charge on any atom is -0.378 e. The predicted octanol–water partition coefficient (Wildman–Crippen LogP) is 4.06. The first-order valence-electron chi connectivity index (χ1n) is 10.9. The van der Waals surface area contributed by atoms with Gasteiger partial charge in [-0.1, -0.05) is 37.1 Å². The Morgan fingerprint density at radius 2 is 2.00 bits per heavy atom. The first kappa shape index (κ1) is 23.4. The third-order valence-electron chi connectivity index (χ3n) is 5.80. The van der Waals surface area contributed by atoms with Gasteiger partial charge in [0.05, 0.1) is 17.9 Å². The van der Waals surface area contributed by atoms with Crippen LogP contribution in [-0.4, -0.2) is 50.4 Å². The van der Waals surface area contributed by atoms with Gasteiger partial charge < -0.3 is 15.2 Å². The van der Waals surface area contributed by atoms with Crippen molar-refractivity contribution >= 4 is 29.4 Å². The number of halogens is 3. The van der Waals surface area contributed by atoms with Gasteiger partial charge in [0.15, 0.2) is 11.0 Å². The maximum absolute atomic E-state index is 13.0. The molecular weight excluding hydrogens is 457 g/mol. The number of nitrogens with zero attached hydrogens (tertiary/aromatic N) is 4. The highest BCUT2D eigenvalue weighted by Gasteiger charge is 2.31. The van der Waals surface area contributed by atoms with Gasteiger partial charge in [-0.3, -0.25) is 9.69 Å². The predicted molar refractivity (Wildman–Crippen MR) is 117 cm³/mol. The monoisotopic (exact) mass is 482 g/mol. The molecule has 0 atom stereocenters.